The quantitative estimate of drug-likeness (QED) is 0.411. The highest BCUT2D eigenvalue weighted by Crippen LogP contribution is 2.29. The van der Waals surface area contributed by atoms with Gasteiger partial charge in [-0.25, -0.2) is 4.98 Å². The summed E-state index contributed by atoms with van der Waals surface area (Å²) in [7, 11) is 3.94. The molecule has 1 atom stereocenters. The summed E-state index contributed by atoms with van der Waals surface area (Å²) in [5, 5.41) is 13.3. The van der Waals surface area contributed by atoms with Crippen molar-refractivity contribution in [3.63, 3.8) is 0 Å². The number of H-pyrrole nitrogens is 1. The molecule has 0 saturated carbocycles. The van der Waals surface area contributed by atoms with Crippen molar-refractivity contribution >= 4 is 22.8 Å². The van der Waals surface area contributed by atoms with Crippen LogP contribution in [0.3, 0.4) is 0 Å². The molecule has 9 nitrogen and oxygen atoms in total. The maximum atomic E-state index is 12.0. The Morgan fingerprint density at radius 2 is 2.06 bits per heavy atom. The number of aromatic amines is 1. The zero-order valence-corrected chi connectivity index (χ0v) is 18.6. The van der Waals surface area contributed by atoms with E-state index >= 15 is 0 Å². The molecule has 3 aromatic rings. The van der Waals surface area contributed by atoms with Gasteiger partial charge in [-0.3, -0.25) is 9.78 Å². The van der Waals surface area contributed by atoms with Gasteiger partial charge in [0.1, 0.15) is 5.52 Å². The Balaban J connectivity index is 2.07. The smallest absolute Gasteiger partial charge is 0.248 e. The highest BCUT2D eigenvalue weighted by molar-refractivity contribution is 5.89. The van der Waals surface area contributed by atoms with Crippen molar-refractivity contribution in [1.82, 2.24) is 24.8 Å². The minimum atomic E-state index is -0.546. The maximum absolute atomic E-state index is 12.0. The van der Waals surface area contributed by atoms with Gasteiger partial charge >= 0.3 is 0 Å². The molecule has 0 unspecified atom stereocenters. The van der Waals surface area contributed by atoms with Gasteiger partial charge in [0.2, 0.25) is 11.5 Å². The van der Waals surface area contributed by atoms with Crippen molar-refractivity contribution in [2.75, 3.05) is 31.8 Å². The first-order chi connectivity index (χ1) is 14.7. The number of fused-ring (bicyclic) bond motifs is 1. The Kier molecular flexibility index (Phi) is 6.87. The second-order valence-electron chi connectivity index (χ2n) is 8.44. The van der Waals surface area contributed by atoms with Gasteiger partial charge in [-0.15, -0.1) is 0 Å². The summed E-state index contributed by atoms with van der Waals surface area (Å²) in [6.07, 6.45) is 6.21. The summed E-state index contributed by atoms with van der Waals surface area (Å²) in [5.74, 6) is 0.602. The molecule has 166 valence electrons. The second-order valence-corrected chi connectivity index (χ2v) is 8.44. The largest absolute Gasteiger partial charge is 0.394 e. The number of aromatic nitrogens is 4. The van der Waals surface area contributed by atoms with Crippen molar-refractivity contribution in [2.24, 2.45) is 0 Å². The summed E-state index contributed by atoms with van der Waals surface area (Å²) in [5.41, 5.74) is 8.92. The molecule has 0 aliphatic heterocycles. The third-order valence-electron chi connectivity index (χ3n) is 5.21. The zero-order chi connectivity index (χ0) is 22.6. The van der Waals surface area contributed by atoms with Gasteiger partial charge in [0.25, 0.3) is 0 Å². The van der Waals surface area contributed by atoms with Gasteiger partial charge in [0, 0.05) is 30.6 Å². The number of aliphatic hydroxyl groups is 1. The molecular weight excluding hydrogens is 394 g/mol. The first-order valence-corrected chi connectivity index (χ1v) is 10.4. The molecule has 0 bridgehead atoms. The number of nitrogen functional groups attached to an aromatic ring is 1. The van der Waals surface area contributed by atoms with Crippen LogP contribution < -0.4 is 16.6 Å². The van der Waals surface area contributed by atoms with Crippen molar-refractivity contribution in [1.29, 1.82) is 0 Å². The van der Waals surface area contributed by atoms with Crippen LogP contribution in [0, 0.1) is 0 Å². The molecule has 0 amide bonds. The number of unbranched alkanes of at least 4 members (excludes halogenated alkanes) is 1. The number of rotatable bonds is 9. The second kappa shape index (κ2) is 9.40. The van der Waals surface area contributed by atoms with E-state index in [-0.39, 0.29) is 18.1 Å². The molecule has 31 heavy (non-hydrogen) atoms. The number of hydrogen-bond acceptors (Lipinski definition) is 8. The predicted molar refractivity (Wildman–Crippen MR) is 124 cm³/mol. The van der Waals surface area contributed by atoms with Crippen molar-refractivity contribution in [3.8, 4) is 11.1 Å². The molecule has 0 spiro atoms. The lowest BCUT2D eigenvalue weighted by molar-refractivity contribution is 0.212. The summed E-state index contributed by atoms with van der Waals surface area (Å²) in [4.78, 5) is 30.0. The van der Waals surface area contributed by atoms with Crippen LogP contribution in [-0.4, -0.2) is 56.2 Å². The number of nitrogens with one attached hydrogen (secondary N) is 2. The van der Waals surface area contributed by atoms with E-state index in [1.165, 1.54) is 0 Å². The SMILES string of the molecule is CCCC[C@](C)(CO)Nc1nc(N)nc2cc(-c3cc(=O)[nH]cc3CN(C)C)cnc12. The van der Waals surface area contributed by atoms with E-state index < -0.39 is 5.54 Å². The molecule has 0 fully saturated rings. The van der Waals surface area contributed by atoms with Crippen LogP contribution in [0.15, 0.2) is 29.3 Å². The lowest BCUT2D eigenvalue weighted by Gasteiger charge is -2.29. The molecule has 0 saturated heterocycles. The minimum absolute atomic E-state index is 0.0445. The Morgan fingerprint density at radius 3 is 2.74 bits per heavy atom. The van der Waals surface area contributed by atoms with E-state index in [1.54, 1.807) is 18.5 Å². The van der Waals surface area contributed by atoms with E-state index in [2.05, 4.69) is 32.2 Å². The normalized spacial score (nSPS) is 13.5. The Morgan fingerprint density at radius 1 is 1.29 bits per heavy atom. The van der Waals surface area contributed by atoms with Crippen LogP contribution in [0.1, 0.15) is 38.7 Å². The first kappa shape index (κ1) is 22.6. The third-order valence-corrected chi connectivity index (χ3v) is 5.21. The van der Waals surface area contributed by atoms with E-state index in [1.807, 2.05) is 32.0 Å². The van der Waals surface area contributed by atoms with Gasteiger partial charge in [-0.1, -0.05) is 19.8 Å². The molecule has 0 aliphatic carbocycles. The van der Waals surface area contributed by atoms with Crippen LogP contribution in [0.4, 0.5) is 11.8 Å². The van der Waals surface area contributed by atoms with Gasteiger partial charge in [-0.2, -0.15) is 4.98 Å². The number of hydrogen-bond donors (Lipinski definition) is 4. The number of anilines is 2. The molecule has 3 aromatic heterocycles. The number of pyridine rings is 2. The van der Waals surface area contributed by atoms with Gasteiger partial charge in [0.15, 0.2) is 5.82 Å². The van der Waals surface area contributed by atoms with E-state index in [0.29, 0.717) is 23.4 Å². The molecule has 0 aromatic carbocycles. The summed E-state index contributed by atoms with van der Waals surface area (Å²) in [6.45, 7) is 4.68. The molecular formula is C22H31N7O2. The fraction of sp³-hybridized carbons (Fsp3) is 0.455. The summed E-state index contributed by atoms with van der Waals surface area (Å²) in [6, 6.07) is 3.43. The van der Waals surface area contributed by atoms with Crippen LogP contribution in [-0.2, 0) is 6.54 Å². The van der Waals surface area contributed by atoms with E-state index in [4.69, 9.17) is 5.73 Å². The minimum Gasteiger partial charge on any atom is -0.394 e. The lowest BCUT2D eigenvalue weighted by atomic mass is 9.96. The van der Waals surface area contributed by atoms with Gasteiger partial charge < -0.3 is 26.0 Å². The fourth-order valence-electron chi connectivity index (χ4n) is 3.55. The highest BCUT2D eigenvalue weighted by atomic mass is 16.3. The Bertz CT molecular complexity index is 1110. The van der Waals surface area contributed by atoms with Crippen molar-refractivity contribution < 1.29 is 5.11 Å². The van der Waals surface area contributed by atoms with E-state index in [0.717, 1.165) is 36.0 Å². The number of nitrogens with zero attached hydrogens (tertiary/aromatic N) is 4. The molecule has 0 aliphatic rings. The van der Waals surface area contributed by atoms with Crippen LogP contribution in [0.5, 0.6) is 0 Å². The monoisotopic (exact) mass is 425 g/mol. The van der Waals surface area contributed by atoms with Crippen LogP contribution in [0.25, 0.3) is 22.2 Å². The van der Waals surface area contributed by atoms with Gasteiger partial charge in [-0.05, 0) is 44.6 Å². The first-order valence-electron chi connectivity index (χ1n) is 10.4. The fourth-order valence-corrected chi connectivity index (χ4v) is 3.55. The van der Waals surface area contributed by atoms with Crippen molar-refractivity contribution in [3.05, 3.63) is 40.4 Å². The highest BCUT2D eigenvalue weighted by Gasteiger charge is 2.25. The molecule has 5 N–H and O–H groups in total. The van der Waals surface area contributed by atoms with Crippen molar-refractivity contribution in [2.45, 2.75) is 45.2 Å². The molecule has 3 heterocycles. The third kappa shape index (κ3) is 5.36. The molecule has 3 rings (SSSR count). The molecule has 9 heteroatoms. The summed E-state index contributed by atoms with van der Waals surface area (Å²) >= 11 is 0. The topological polar surface area (TPSA) is 133 Å². The standard InChI is InChI=1S/C22H31N7O2/c1-5-6-7-22(2,13-30)28-20-19-17(26-21(23)27-20)8-14(10-25-19)16-9-18(31)24-11-15(16)12-29(3)4/h8-11,30H,5-7,12-13H2,1-4H3,(H,24,31)(H3,23,26,27,28)/t22-/m1/s1. The Hall–Kier alpha value is -3.04. The summed E-state index contributed by atoms with van der Waals surface area (Å²) < 4.78 is 0. The zero-order valence-electron chi connectivity index (χ0n) is 18.6. The average molecular weight is 426 g/mol. The van der Waals surface area contributed by atoms with Crippen LogP contribution >= 0.6 is 0 Å². The lowest BCUT2D eigenvalue weighted by Crippen LogP contribution is -2.39. The van der Waals surface area contributed by atoms with E-state index in [9.17, 15) is 9.90 Å². The number of aliphatic hydroxyl groups excluding tert-OH is 1. The van der Waals surface area contributed by atoms with Gasteiger partial charge in [0.05, 0.1) is 17.7 Å². The number of nitrogens with two attached hydrogens (primary N) is 1. The van der Waals surface area contributed by atoms with Crippen LogP contribution in [0.2, 0.25) is 0 Å². The predicted octanol–water partition coefficient (Wildman–Crippen LogP) is 2.38. The maximum Gasteiger partial charge on any atom is 0.248 e. The Labute approximate surface area is 181 Å². The average Bonchev–Trinajstić information content (AvgIpc) is 2.72. The molecule has 0 radical (unpaired) electrons.